The highest BCUT2D eigenvalue weighted by atomic mass is 32.1. The average Bonchev–Trinajstić information content (AvgIpc) is 2.95. The summed E-state index contributed by atoms with van der Waals surface area (Å²) in [5.74, 6) is 0.237. The number of aromatic nitrogens is 1. The Bertz CT molecular complexity index is 859. The number of nitrogens with one attached hydrogen (secondary N) is 1. The molecule has 124 valence electrons. The van der Waals surface area contributed by atoms with Crippen LogP contribution < -0.4 is 10.1 Å². The van der Waals surface area contributed by atoms with Crippen LogP contribution in [-0.2, 0) is 4.79 Å². The molecule has 0 radical (unpaired) electrons. The third-order valence-corrected chi connectivity index (χ3v) is 4.44. The van der Waals surface area contributed by atoms with Gasteiger partial charge < -0.3 is 4.74 Å². The quantitative estimate of drug-likeness (QED) is 0.737. The Balaban J connectivity index is 1.63. The van der Waals surface area contributed by atoms with Crippen molar-refractivity contribution in [3.8, 4) is 5.75 Å². The lowest BCUT2D eigenvalue weighted by Gasteiger charge is -2.05. The highest BCUT2D eigenvalue weighted by molar-refractivity contribution is 7.22. The van der Waals surface area contributed by atoms with Gasteiger partial charge in [-0.2, -0.15) is 0 Å². The first-order valence-electron chi connectivity index (χ1n) is 7.60. The summed E-state index contributed by atoms with van der Waals surface area (Å²) >= 11 is 1.43. The molecule has 0 aliphatic heterocycles. The Morgan fingerprint density at radius 1 is 1.25 bits per heavy atom. The van der Waals surface area contributed by atoms with Crippen molar-refractivity contribution in [1.82, 2.24) is 4.98 Å². The molecule has 4 nitrogen and oxygen atoms in total. The zero-order valence-corrected chi connectivity index (χ0v) is 14.2. The molecule has 1 heterocycles. The van der Waals surface area contributed by atoms with E-state index in [9.17, 15) is 9.18 Å². The molecule has 0 saturated carbocycles. The molecule has 3 rings (SSSR count). The second kappa shape index (κ2) is 6.97. The minimum absolute atomic E-state index is 0.154. The first-order valence-corrected chi connectivity index (χ1v) is 8.41. The number of rotatable bonds is 5. The van der Waals surface area contributed by atoms with E-state index in [1.807, 2.05) is 6.07 Å². The Morgan fingerprint density at radius 3 is 2.71 bits per heavy atom. The van der Waals surface area contributed by atoms with Crippen molar-refractivity contribution < 1.29 is 13.9 Å². The fourth-order valence-electron chi connectivity index (χ4n) is 2.19. The molecule has 1 amide bonds. The van der Waals surface area contributed by atoms with Gasteiger partial charge >= 0.3 is 0 Å². The van der Waals surface area contributed by atoms with Crippen molar-refractivity contribution in [1.29, 1.82) is 0 Å². The zero-order valence-electron chi connectivity index (χ0n) is 13.4. The maximum absolute atomic E-state index is 12.8. The normalized spacial score (nSPS) is 11.0. The number of benzene rings is 2. The molecule has 1 aromatic heterocycles. The molecule has 6 heteroatoms. The highest BCUT2D eigenvalue weighted by Gasteiger charge is 2.10. The average molecular weight is 344 g/mol. The molecule has 0 aliphatic rings. The third-order valence-electron chi connectivity index (χ3n) is 3.51. The summed E-state index contributed by atoms with van der Waals surface area (Å²) in [5, 5.41) is 3.27. The minimum Gasteiger partial charge on any atom is -0.484 e. The summed E-state index contributed by atoms with van der Waals surface area (Å²) in [5.41, 5.74) is 2.10. The second-order valence-electron chi connectivity index (χ2n) is 5.69. The molecule has 24 heavy (non-hydrogen) atoms. The van der Waals surface area contributed by atoms with Gasteiger partial charge in [0.25, 0.3) is 5.91 Å². The number of anilines is 1. The van der Waals surface area contributed by atoms with Gasteiger partial charge in [-0.3, -0.25) is 10.1 Å². The lowest BCUT2D eigenvalue weighted by Crippen LogP contribution is -2.19. The van der Waals surface area contributed by atoms with E-state index >= 15 is 0 Å². The van der Waals surface area contributed by atoms with Crippen molar-refractivity contribution in [3.63, 3.8) is 0 Å². The van der Waals surface area contributed by atoms with Crippen molar-refractivity contribution in [3.05, 3.63) is 53.8 Å². The van der Waals surface area contributed by atoms with Crippen LogP contribution in [0.1, 0.15) is 25.3 Å². The number of halogens is 1. The van der Waals surface area contributed by atoms with Gasteiger partial charge in [-0.1, -0.05) is 31.3 Å². The molecular formula is C18H17FN2O2S. The fourth-order valence-corrected chi connectivity index (χ4v) is 3.12. The number of ether oxygens (including phenoxy) is 1. The van der Waals surface area contributed by atoms with E-state index < -0.39 is 0 Å². The Hall–Kier alpha value is -2.47. The van der Waals surface area contributed by atoms with E-state index in [2.05, 4.69) is 36.3 Å². The number of hydrogen-bond acceptors (Lipinski definition) is 4. The molecule has 3 aromatic rings. The summed E-state index contributed by atoms with van der Waals surface area (Å²) in [7, 11) is 0. The minimum atomic E-state index is -0.345. The molecule has 0 aliphatic carbocycles. The van der Waals surface area contributed by atoms with Gasteiger partial charge in [-0.05, 0) is 47.9 Å². The van der Waals surface area contributed by atoms with Gasteiger partial charge in [0.05, 0.1) is 10.2 Å². The van der Waals surface area contributed by atoms with Crippen molar-refractivity contribution >= 4 is 32.6 Å². The molecule has 0 spiro atoms. The van der Waals surface area contributed by atoms with Gasteiger partial charge in [0.1, 0.15) is 11.6 Å². The third kappa shape index (κ3) is 3.89. The number of hydrogen-bond donors (Lipinski definition) is 1. The predicted molar refractivity (Wildman–Crippen MR) is 94.2 cm³/mol. The summed E-state index contributed by atoms with van der Waals surface area (Å²) in [6.45, 7) is 4.12. The van der Waals surface area contributed by atoms with Gasteiger partial charge in [-0.15, -0.1) is 0 Å². The molecule has 0 bridgehead atoms. The molecule has 1 N–H and O–H groups in total. The molecular weight excluding hydrogens is 327 g/mol. The lowest BCUT2D eigenvalue weighted by atomic mass is 10.0. The molecule has 0 unspecified atom stereocenters. The van der Waals surface area contributed by atoms with Crippen LogP contribution in [0.3, 0.4) is 0 Å². The standard InChI is InChI=1S/C18H17FN2O2S/c1-11(2)12-3-8-15-16(9-12)24-18(20-15)21-17(22)10-23-14-6-4-13(19)5-7-14/h3-9,11H,10H2,1-2H3,(H,20,21,22). The van der Waals surface area contributed by atoms with Crippen molar-refractivity contribution in [2.75, 3.05) is 11.9 Å². The van der Waals surface area contributed by atoms with E-state index in [1.54, 1.807) is 0 Å². The first kappa shape index (κ1) is 16.4. The lowest BCUT2D eigenvalue weighted by molar-refractivity contribution is -0.118. The van der Waals surface area contributed by atoms with Gasteiger partial charge in [0.2, 0.25) is 0 Å². The Kier molecular flexibility index (Phi) is 4.76. The zero-order chi connectivity index (χ0) is 17.1. The van der Waals surface area contributed by atoms with Crippen LogP contribution in [-0.4, -0.2) is 17.5 Å². The number of thiazole rings is 1. The van der Waals surface area contributed by atoms with E-state index in [-0.39, 0.29) is 18.3 Å². The summed E-state index contributed by atoms with van der Waals surface area (Å²) in [6.07, 6.45) is 0. The molecule has 2 aromatic carbocycles. The maximum atomic E-state index is 12.8. The number of carbonyl (C=O) groups excluding carboxylic acids is 1. The van der Waals surface area contributed by atoms with Crippen molar-refractivity contribution in [2.24, 2.45) is 0 Å². The van der Waals surface area contributed by atoms with Crippen LogP contribution in [0.5, 0.6) is 5.75 Å². The van der Waals surface area contributed by atoms with Crippen LogP contribution in [0.4, 0.5) is 9.52 Å². The first-order chi connectivity index (χ1) is 11.5. The monoisotopic (exact) mass is 344 g/mol. The topological polar surface area (TPSA) is 51.2 Å². The van der Waals surface area contributed by atoms with E-state index in [0.717, 1.165) is 10.2 Å². The van der Waals surface area contributed by atoms with Crippen LogP contribution in [0, 0.1) is 5.82 Å². The largest absolute Gasteiger partial charge is 0.484 e. The Labute approximate surface area is 143 Å². The summed E-state index contributed by atoms with van der Waals surface area (Å²) in [6, 6.07) is 11.6. The number of carbonyl (C=O) groups is 1. The fraction of sp³-hybridized carbons (Fsp3) is 0.222. The maximum Gasteiger partial charge on any atom is 0.264 e. The summed E-state index contributed by atoms with van der Waals surface area (Å²) < 4.78 is 19.2. The van der Waals surface area contributed by atoms with Gasteiger partial charge in [0.15, 0.2) is 11.7 Å². The van der Waals surface area contributed by atoms with Crippen LogP contribution in [0.15, 0.2) is 42.5 Å². The molecule has 0 fully saturated rings. The predicted octanol–water partition coefficient (Wildman–Crippen LogP) is 4.58. The number of amides is 1. The molecule has 0 atom stereocenters. The number of nitrogens with zero attached hydrogens (tertiary/aromatic N) is 1. The summed E-state index contributed by atoms with van der Waals surface area (Å²) in [4.78, 5) is 16.4. The second-order valence-corrected chi connectivity index (χ2v) is 6.72. The van der Waals surface area contributed by atoms with Crippen LogP contribution >= 0.6 is 11.3 Å². The van der Waals surface area contributed by atoms with Gasteiger partial charge in [0, 0.05) is 0 Å². The van der Waals surface area contributed by atoms with Crippen molar-refractivity contribution in [2.45, 2.75) is 19.8 Å². The van der Waals surface area contributed by atoms with Crippen LogP contribution in [0.2, 0.25) is 0 Å². The SMILES string of the molecule is CC(C)c1ccc2nc(NC(=O)COc3ccc(F)cc3)sc2c1. The van der Waals surface area contributed by atoms with Gasteiger partial charge in [-0.25, -0.2) is 9.37 Å². The van der Waals surface area contributed by atoms with E-state index in [0.29, 0.717) is 16.8 Å². The van der Waals surface area contributed by atoms with Crippen LogP contribution in [0.25, 0.3) is 10.2 Å². The molecule has 0 saturated heterocycles. The van der Waals surface area contributed by atoms with E-state index in [1.165, 1.54) is 41.2 Å². The number of fused-ring (bicyclic) bond motifs is 1. The van der Waals surface area contributed by atoms with E-state index in [4.69, 9.17) is 4.74 Å². The smallest absolute Gasteiger partial charge is 0.264 e. The Morgan fingerprint density at radius 2 is 2.00 bits per heavy atom. The highest BCUT2D eigenvalue weighted by Crippen LogP contribution is 2.29.